The predicted octanol–water partition coefficient (Wildman–Crippen LogP) is 3.15. The lowest BCUT2D eigenvalue weighted by atomic mass is 10.1. The Labute approximate surface area is 94.2 Å². The second-order valence-corrected chi connectivity index (χ2v) is 3.62. The summed E-state index contributed by atoms with van der Waals surface area (Å²) in [6, 6.07) is 9.81. The van der Waals surface area contributed by atoms with Gasteiger partial charge in [-0.15, -0.1) is 12.6 Å². The van der Waals surface area contributed by atoms with Gasteiger partial charge in [0, 0.05) is 16.8 Å². The van der Waals surface area contributed by atoms with Crippen LogP contribution in [-0.4, -0.2) is 14.2 Å². The minimum atomic E-state index is 0.730. The molecule has 0 saturated carbocycles. The van der Waals surface area contributed by atoms with Crippen LogP contribution in [0.1, 0.15) is 0 Å². The van der Waals surface area contributed by atoms with Crippen LogP contribution in [0.2, 0.25) is 0 Å². The zero-order chi connectivity index (χ0) is 10.8. The number of rotatable bonds is 2. The molecule has 0 bridgehead atoms. The van der Waals surface area contributed by atoms with E-state index in [0.717, 1.165) is 27.2 Å². The van der Waals surface area contributed by atoms with Crippen LogP contribution in [0.15, 0.2) is 35.2 Å². The lowest BCUT2D eigenvalue weighted by molar-refractivity contribution is 0.391. The minimum Gasteiger partial charge on any atom is -0.496 e. The van der Waals surface area contributed by atoms with Crippen molar-refractivity contribution in [3.8, 4) is 11.5 Å². The summed E-state index contributed by atoms with van der Waals surface area (Å²) in [7, 11) is 3.28. The maximum Gasteiger partial charge on any atom is 0.136 e. The maximum atomic E-state index is 5.31. The second kappa shape index (κ2) is 4.03. The van der Waals surface area contributed by atoms with Crippen LogP contribution in [0, 0.1) is 0 Å². The van der Waals surface area contributed by atoms with Crippen LogP contribution in [-0.2, 0) is 0 Å². The summed E-state index contributed by atoms with van der Waals surface area (Å²) in [5.74, 6) is 1.54. The Hall–Kier alpha value is -1.35. The molecule has 0 aromatic heterocycles. The van der Waals surface area contributed by atoms with Crippen LogP contribution < -0.4 is 9.47 Å². The summed E-state index contributed by atoms with van der Waals surface area (Å²) in [4.78, 5) is 0.842. The first-order valence-corrected chi connectivity index (χ1v) is 5.05. The van der Waals surface area contributed by atoms with Gasteiger partial charge in [0.1, 0.15) is 11.5 Å². The largest absolute Gasteiger partial charge is 0.496 e. The Morgan fingerprint density at radius 3 is 2.13 bits per heavy atom. The van der Waals surface area contributed by atoms with Gasteiger partial charge in [0.05, 0.1) is 19.1 Å². The Kier molecular flexibility index (Phi) is 2.73. The highest BCUT2D eigenvalue weighted by Crippen LogP contribution is 2.37. The van der Waals surface area contributed by atoms with E-state index >= 15 is 0 Å². The molecule has 0 fully saturated rings. The molecule has 15 heavy (non-hydrogen) atoms. The van der Waals surface area contributed by atoms with Gasteiger partial charge in [-0.25, -0.2) is 0 Å². The standard InChI is InChI=1S/C12H12O2S/c1-13-10-7-11(14-2)12(15)9-6-4-3-5-8(9)10/h3-7,15H,1-2H3. The second-order valence-electron chi connectivity index (χ2n) is 3.18. The number of hydrogen-bond donors (Lipinski definition) is 1. The summed E-state index contributed by atoms with van der Waals surface area (Å²) < 4.78 is 10.6. The zero-order valence-corrected chi connectivity index (χ0v) is 9.54. The third-order valence-electron chi connectivity index (χ3n) is 2.38. The molecule has 2 rings (SSSR count). The van der Waals surface area contributed by atoms with Gasteiger partial charge in [0.2, 0.25) is 0 Å². The molecule has 0 saturated heterocycles. The Morgan fingerprint density at radius 1 is 0.933 bits per heavy atom. The monoisotopic (exact) mass is 220 g/mol. The number of benzene rings is 2. The number of hydrogen-bond acceptors (Lipinski definition) is 3. The smallest absolute Gasteiger partial charge is 0.136 e. The van der Waals surface area contributed by atoms with Crippen molar-refractivity contribution in [3.63, 3.8) is 0 Å². The van der Waals surface area contributed by atoms with Gasteiger partial charge in [-0.2, -0.15) is 0 Å². The molecule has 78 valence electrons. The van der Waals surface area contributed by atoms with Gasteiger partial charge in [0.25, 0.3) is 0 Å². The average molecular weight is 220 g/mol. The molecule has 3 heteroatoms. The number of ether oxygens (including phenoxy) is 2. The quantitative estimate of drug-likeness (QED) is 0.784. The van der Waals surface area contributed by atoms with Crippen molar-refractivity contribution >= 4 is 23.4 Å². The minimum absolute atomic E-state index is 0.730. The molecule has 0 aliphatic rings. The van der Waals surface area contributed by atoms with Gasteiger partial charge in [0.15, 0.2) is 0 Å². The highest BCUT2D eigenvalue weighted by atomic mass is 32.1. The molecule has 2 nitrogen and oxygen atoms in total. The number of fused-ring (bicyclic) bond motifs is 1. The third kappa shape index (κ3) is 1.63. The summed E-state index contributed by atoms with van der Waals surface area (Å²) in [6.07, 6.45) is 0. The van der Waals surface area contributed by atoms with Crippen molar-refractivity contribution in [2.75, 3.05) is 14.2 Å². The molecule has 0 heterocycles. The van der Waals surface area contributed by atoms with E-state index in [4.69, 9.17) is 9.47 Å². The van der Waals surface area contributed by atoms with E-state index in [-0.39, 0.29) is 0 Å². The first-order chi connectivity index (χ1) is 7.27. The van der Waals surface area contributed by atoms with E-state index in [0.29, 0.717) is 0 Å². The topological polar surface area (TPSA) is 18.5 Å². The van der Waals surface area contributed by atoms with Crippen molar-refractivity contribution in [2.24, 2.45) is 0 Å². The Balaban J connectivity index is 2.84. The molecule has 0 atom stereocenters. The molecule has 0 spiro atoms. The summed E-state index contributed by atoms with van der Waals surface area (Å²) >= 11 is 4.45. The van der Waals surface area contributed by atoms with E-state index in [2.05, 4.69) is 12.6 Å². The van der Waals surface area contributed by atoms with Crippen molar-refractivity contribution in [3.05, 3.63) is 30.3 Å². The van der Waals surface area contributed by atoms with Crippen LogP contribution >= 0.6 is 12.6 Å². The van der Waals surface area contributed by atoms with Gasteiger partial charge < -0.3 is 9.47 Å². The van der Waals surface area contributed by atoms with Crippen molar-refractivity contribution in [1.29, 1.82) is 0 Å². The lowest BCUT2D eigenvalue weighted by Gasteiger charge is -2.11. The highest BCUT2D eigenvalue weighted by Gasteiger charge is 2.09. The summed E-state index contributed by atoms with van der Waals surface area (Å²) in [5.41, 5.74) is 0. The number of thiol groups is 1. The van der Waals surface area contributed by atoms with Crippen LogP contribution in [0.5, 0.6) is 11.5 Å². The fourth-order valence-electron chi connectivity index (χ4n) is 1.63. The van der Waals surface area contributed by atoms with Crippen molar-refractivity contribution in [2.45, 2.75) is 4.90 Å². The van der Waals surface area contributed by atoms with Crippen LogP contribution in [0.3, 0.4) is 0 Å². The van der Waals surface area contributed by atoms with Crippen molar-refractivity contribution in [1.82, 2.24) is 0 Å². The van der Waals surface area contributed by atoms with Gasteiger partial charge in [-0.05, 0) is 0 Å². The highest BCUT2D eigenvalue weighted by molar-refractivity contribution is 7.80. The Morgan fingerprint density at radius 2 is 1.53 bits per heavy atom. The molecule has 2 aromatic carbocycles. The zero-order valence-electron chi connectivity index (χ0n) is 8.65. The van der Waals surface area contributed by atoms with Crippen LogP contribution in [0.4, 0.5) is 0 Å². The molecule has 0 N–H and O–H groups in total. The molecule has 0 unspecified atom stereocenters. The predicted molar refractivity (Wildman–Crippen MR) is 64.3 cm³/mol. The van der Waals surface area contributed by atoms with Gasteiger partial charge in [-0.3, -0.25) is 0 Å². The Bertz CT molecular complexity index is 494. The molecular weight excluding hydrogens is 208 g/mol. The fourth-order valence-corrected chi connectivity index (χ4v) is 1.98. The molecular formula is C12H12O2S. The first kappa shape index (κ1) is 10.2. The molecule has 0 aliphatic carbocycles. The van der Waals surface area contributed by atoms with E-state index in [1.807, 2.05) is 30.3 Å². The SMILES string of the molecule is COc1cc(OC)c2ccccc2c1S. The molecule has 0 radical (unpaired) electrons. The summed E-state index contributed by atoms with van der Waals surface area (Å²) in [6.45, 7) is 0. The van der Waals surface area contributed by atoms with E-state index in [1.54, 1.807) is 14.2 Å². The van der Waals surface area contributed by atoms with E-state index in [9.17, 15) is 0 Å². The van der Waals surface area contributed by atoms with Crippen LogP contribution in [0.25, 0.3) is 10.8 Å². The summed E-state index contributed by atoms with van der Waals surface area (Å²) in [5, 5.41) is 2.09. The first-order valence-electron chi connectivity index (χ1n) is 4.60. The maximum absolute atomic E-state index is 5.31. The average Bonchev–Trinajstić information content (AvgIpc) is 2.30. The molecule has 0 aliphatic heterocycles. The van der Waals surface area contributed by atoms with E-state index in [1.165, 1.54) is 0 Å². The number of methoxy groups -OCH3 is 2. The lowest BCUT2D eigenvalue weighted by Crippen LogP contribution is -1.90. The van der Waals surface area contributed by atoms with Crippen molar-refractivity contribution < 1.29 is 9.47 Å². The molecule has 2 aromatic rings. The molecule has 0 amide bonds. The van der Waals surface area contributed by atoms with Gasteiger partial charge in [-0.1, -0.05) is 24.3 Å². The fraction of sp³-hybridized carbons (Fsp3) is 0.167. The van der Waals surface area contributed by atoms with E-state index < -0.39 is 0 Å². The van der Waals surface area contributed by atoms with Gasteiger partial charge >= 0.3 is 0 Å². The third-order valence-corrected chi connectivity index (χ3v) is 2.84. The normalized spacial score (nSPS) is 10.3.